The fourth-order valence-electron chi connectivity index (χ4n) is 1.42. The lowest BCUT2D eigenvalue weighted by atomic mass is 10.2. The van der Waals surface area contributed by atoms with E-state index in [1.54, 1.807) is 12.1 Å². The Kier molecular flexibility index (Phi) is 4.19. The average Bonchev–Trinajstić information content (AvgIpc) is 2.35. The number of halogens is 3. The minimum atomic E-state index is -0.595. The largest absolute Gasteiger partial charge is 0.321 e. The predicted molar refractivity (Wildman–Crippen MR) is 78.5 cm³/mol. The van der Waals surface area contributed by atoms with Crippen LogP contribution in [-0.4, -0.2) is 5.91 Å². The second-order valence-corrected chi connectivity index (χ2v) is 5.16. The van der Waals surface area contributed by atoms with Gasteiger partial charge in [0, 0.05) is 8.59 Å². The maximum Gasteiger partial charge on any atom is 0.258 e. The fourth-order valence-corrected chi connectivity index (χ4v) is 2.12. The van der Waals surface area contributed by atoms with Crippen molar-refractivity contribution in [3.63, 3.8) is 0 Å². The molecule has 0 bridgehead atoms. The maximum absolute atomic E-state index is 13.5. The molecule has 1 N–H and O–H groups in total. The molecule has 0 heterocycles. The number of anilines is 1. The minimum Gasteiger partial charge on any atom is -0.321 e. The highest BCUT2D eigenvalue weighted by molar-refractivity contribution is 14.1. The van der Waals surface area contributed by atoms with Crippen molar-refractivity contribution in [3.8, 4) is 0 Å². The van der Waals surface area contributed by atoms with Crippen LogP contribution in [0.1, 0.15) is 10.4 Å². The molecule has 0 saturated carbocycles. The molecule has 0 unspecified atom stereocenters. The summed E-state index contributed by atoms with van der Waals surface area (Å²) in [5, 5.41) is 2.97. The van der Waals surface area contributed by atoms with Crippen molar-refractivity contribution >= 4 is 45.8 Å². The van der Waals surface area contributed by atoms with Crippen molar-refractivity contribution in [3.05, 3.63) is 62.4 Å². The van der Waals surface area contributed by atoms with Gasteiger partial charge in [-0.1, -0.05) is 23.7 Å². The number of rotatable bonds is 2. The molecular formula is C13H8ClFINO. The fraction of sp³-hybridized carbons (Fsp3) is 0. The average molecular weight is 376 g/mol. The maximum atomic E-state index is 13.5. The first-order chi connectivity index (χ1) is 8.58. The van der Waals surface area contributed by atoms with Crippen LogP contribution in [0, 0.1) is 9.39 Å². The van der Waals surface area contributed by atoms with E-state index in [9.17, 15) is 9.18 Å². The molecule has 2 aromatic rings. The van der Waals surface area contributed by atoms with Crippen molar-refractivity contribution < 1.29 is 9.18 Å². The van der Waals surface area contributed by atoms with E-state index in [2.05, 4.69) is 27.9 Å². The van der Waals surface area contributed by atoms with Gasteiger partial charge in [0.25, 0.3) is 5.91 Å². The molecule has 0 fully saturated rings. The van der Waals surface area contributed by atoms with Gasteiger partial charge in [0.15, 0.2) is 0 Å². The Morgan fingerprint density at radius 3 is 2.67 bits per heavy atom. The second-order valence-electron chi connectivity index (χ2n) is 3.56. The van der Waals surface area contributed by atoms with Gasteiger partial charge in [-0.15, -0.1) is 0 Å². The molecule has 2 nitrogen and oxygen atoms in total. The molecule has 18 heavy (non-hydrogen) atoms. The molecule has 0 saturated heterocycles. The third-order valence-corrected chi connectivity index (χ3v) is 3.47. The summed E-state index contributed by atoms with van der Waals surface area (Å²) in [4.78, 5) is 11.9. The minimum absolute atomic E-state index is 0.0675. The van der Waals surface area contributed by atoms with E-state index in [1.165, 1.54) is 18.2 Å². The number of carbonyl (C=O) groups excluding carboxylic acids is 1. The summed E-state index contributed by atoms with van der Waals surface area (Å²) < 4.78 is 14.4. The van der Waals surface area contributed by atoms with Crippen molar-refractivity contribution in [1.29, 1.82) is 0 Å². The molecule has 0 aliphatic rings. The molecule has 1 amide bonds. The van der Waals surface area contributed by atoms with E-state index in [0.717, 1.165) is 3.57 Å². The molecule has 0 aromatic heterocycles. The standard InChI is InChI=1S/C13H8ClFINO/c14-8-5-6-10(15)9(7-8)13(18)17-12-4-2-1-3-11(12)16/h1-7H,(H,17,18). The lowest BCUT2D eigenvalue weighted by Crippen LogP contribution is -2.14. The zero-order valence-corrected chi connectivity index (χ0v) is 12.0. The number of hydrogen-bond donors (Lipinski definition) is 1. The quantitative estimate of drug-likeness (QED) is 0.778. The first-order valence-electron chi connectivity index (χ1n) is 5.09. The van der Waals surface area contributed by atoms with E-state index in [1.807, 2.05) is 12.1 Å². The van der Waals surface area contributed by atoms with Crippen LogP contribution in [0.15, 0.2) is 42.5 Å². The summed E-state index contributed by atoms with van der Waals surface area (Å²) in [5.74, 6) is -1.11. The molecule has 5 heteroatoms. The van der Waals surface area contributed by atoms with Gasteiger partial charge in [-0.05, 0) is 52.9 Å². The van der Waals surface area contributed by atoms with Crippen LogP contribution < -0.4 is 5.32 Å². The van der Waals surface area contributed by atoms with E-state index in [-0.39, 0.29) is 5.56 Å². The highest BCUT2D eigenvalue weighted by Crippen LogP contribution is 2.20. The normalized spacial score (nSPS) is 10.2. The number of hydrogen-bond acceptors (Lipinski definition) is 1. The van der Waals surface area contributed by atoms with E-state index >= 15 is 0 Å². The molecule has 0 spiro atoms. The van der Waals surface area contributed by atoms with E-state index in [4.69, 9.17) is 11.6 Å². The first-order valence-corrected chi connectivity index (χ1v) is 6.54. The van der Waals surface area contributed by atoms with Crippen molar-refractivity contribution in [2.24, 2.45) is 0 Å². The molecule has 0 atom stereocenters. The number of carbonyl (C=O) groups is 1. The summed E-state index contributed by atoms with van der Waals surface area (Å²) in [6.07, 6.45) is 0. The van der Waals surface area contributed by atoms with Crippen LogP contribution in [0.3, 0.4) is 0 Å². The van der Waals surface area contributed by atoms with Gasteiger partial charge in [0.05, 0.1) is 11.3 Å². The Morgan fingerprint density at radius 2 is 1.94 bits per heavy atom. The molecule has 2 aromatic carbocycles. The number of amides is 1. The predicted octanol–water partition coefficient (Wildman–Crippen LogP) is 4.34. The van der Waals surface area contributed by atoms with Gasteiger partial charge < -0.3 is 5.32 Å². The smallest absolute Gasteiger partial charge is 0.258 e. The zero-order chi connectivity index (χ0) is 13.1. The molecule has 92 valence electrons. The Morgan fingerprint density at radius 1 is 1.22 bits per heavy atom. The number of benzene rings is 2. The number of para-hydroxylation sites is 1. The third kappa shape index (κ3) is 3.00. The third-order valence-electron chi connectivity index (χ3n) is 2.30. The SMILES string of the molecule is O=C(Nc1ccccc1I)c1cc(Cl)ccc1F. The molecule has 2 rings (SSSR count). The van der Waals surface area contributed by atoms with Gasteiger partial charge in [-0.25, -0.2) is 4.39 Å². The van der Waals surface area contributed by atoms with Crippen molar-refractivity contribution in [2.75, 3.05) is 5.32 Å². The van der Waals surface area contributed by atoms with E-state index in [0.29, 0.717) is 10.7 Å². The van der Waals surface area contributed by atoms with Crippen LogP contribution in [0.5, 0.6) is 0 Å². The summed E-state index contributed by atoms with van der Waals surface area (Å²) in [6.45, 7) is 0. The topological polar surface area (TPSA) is 29.1 Å². The Bertz CT molecular complexity index is 603. The van der Waals surface area contributed by atoms with Crippen LogP contribution in [0.4, 0.5) is 10.1 Å². The molecular weight excluding hydrogens is 368 g/mol. The van der Waals surface area contributed by atoms with E-state index < -0.39 is 11.7 Å². The van der Waals surface area contributed by atoms with Gasteiger partial charge in [-0.2, -0.15) is 0 Å². The summed E-state index contributed by atoms with van der Waals surface area (Å²) in [6, 6.07) is 11.1. The first kappa shape index (κ1) is 13.3. The number of nitrogens with one attached hydrogen (secondary N) is 1. The highest BCUT2D eigenvalue weighted by Gasteiger charge is 2.13. The lowest BCUT2D eigenvalue weighted by molar-refractivity contribution is 0.102. The zero-order valence-electron chi connectivity index (χ0n) is 9.08. The second kappa shape index (κ2) is 5.67. The van der Waals surface area contributed by atoms with Crippen LogP contribution in [-0.2, 0) is 0 Å². The summed E-state index contributed by atoms with van der Waals surface area (Å²) in [7, 11) is 0. The van der Waals surface area contributed by atoms with Gasteiger partial charge in [0.1, 0.15) is 5.82 Å². The summed E-state index contributed by atoms with van der Waals surface area (Å²) >= 11 is 7.84. The van der Waals surface area contributed by atoms with Crippen molar-refractivity contribution in [1.82, 2.24) is 0 Å². The van der Waals surface area contributed by atoms with Crippen LogP contribution in [0.25, 0.3) is 0 Å². The van der Waals surface area contributed by atoms with Crippen LogP contribution in [0.2, 0.25) is 5.02 Å². The highest BCUT2D eigenvalue weighted by atomic mass is 127. The van der Waals surface area contributed by atoms with Gasteiger partial charge in [-0.3, -0.25) is 4.79 Å². The molecule has 0 aliphatic heterocycles. The van der Waals surface area contributed by atoms with Gasteiger partial charge >= 0.3 is 0 Å². The Labute approximate surface area is 122 Å². The summed E-state index contributed by atoms with van der Waals surface area (Å²) in [5.41, 5.74) is 0.574. The lowest BCUT2D eigenvalue weighted by Gasteiger charge is -2.08. The monoisotopic (exact) mass is 375 g/mol. The Balaban J connectivity index is 2.28. The van der Waals surface area contributed by atoms with Gasteiger partial charge in [0.2, 0.25) is 0 Å². The molecule has 0 radical (unpaired) electrons. The van der Waals surface area contributed by atoms with Crippen LogP contribution >= 0.6 is 34.2 Å². The molecule has 0 aliphatic carbocycles. The Hall–Kier alpha value is -1.14. The van der Waals surface area contributed by atoms with Crippen molar-refractivity contribution in [2.45, 2.75) is 0 Å².